The number of ketones is 1. The lowest BCUT2D eigenvalue weighted by molar-refractivity contribution is -0.385. The summed E-state index contributed by atoms with van der Waals surface area (Å²) in [6.07, 6.45) is 2.85. The van der Waals surface area contributed by atoms with E-state index in [-0.39, 0.29) is 29.5 Å². The van der Waals surface area contributed by atoms with Crippen LogP contribution in [0.5, 0.6) is 0 Å². The Morgan fingerprint density at radius 1 is 1.52 bits per heavy atom. The van der Waals surface area contributed by atoms with E-state index in [2.05, 4.69) is 10.2 Å². The average molecular weight is 365 g/mol. The number of hydrogen-bond acceptors (Lipinski definition) is 9. The second kappa shape index (κ2) is 8.47. The molecule has 132 valence electrons. The lowest BCUT2D eigenvalue weighted by Gasteiger charge is -2.26. The third-order valence-corrected chi connectivity index (χ3v) is 4.77. The molecule has 2 atom stereocenters. The van der Waals surface area contributed by atoms with Crippen molar-refractivity contribution in [3.63, 3.8) is 0 Å². The Morgan fingerprint density at radius 3 is 2.84 bits per heavy atom. The van der Waals surface area contributed by atoms with Gasteiger partial charge in [0.2, 0.25) is 0 Å². The number of carbonyl (C=O) groups is 2. The minimum absolute atomic E-state index is 0.0974. The first-order chi connectivity index (χ1) is 12.0. The van der Waals surface area contributed by atoms with Gasteiger partial charge in [-0.15, -0.1) is 16.7 Å². The molecule has 9 nitrogen and oxygen atoms in total. The summed E-state index contributed by atoms with van der Waals surface area (Å²) in [7, 11) is 1.22. The molecule has 1 aromatic rings. The molecular weight excluding hydrogens is 350 g/mol. The minimum atomic E-state index is -0.856. The first-order valence-corrected chi connectivity index (χ1v) is 8.33. The SMILES string of the molecule is COC(=O)C1C(N=O)=CC(=O)CC1CCSc1ccc([N+](=O)[O-])cn1. The van der Waals surface area contributed by atoms with Crippen LogP contribution in [0.3, 0.4) is 0 Å². The first kappa shape index (κ1) is 18.7. The van der Waals surface area contributed by atoms with Gasteiger partial charge in [-0.25, -0.2) is 4.98 Å². The Bertz CT molecular complexity index is 718. The Morgan fingerprint density at radius 2 is 2.28 bits per heavy atom. The average Bonchev–Trinajstić information content (AvgIpc) is 2.61. The van der Waals surface area contributed by atoms with Crippen LogP contribution in [0.1, 0.15) is 12.8 Å². The number of allylic oxidation sites excluding steroid dienone is 1. The predicted molar refractivity (Wildman–Crippen MR) is 88.7 cm³/mol. The van der Waals surface area contributed by atoms with Crippen molar-refractivity contribution in [2.75, 3.05) is 12.9 Å². The monoisotopic (exact) mass is 365 g/mol. The number of nitroso groups, excluding NO2 is 1. The van der Waals surface area contributed by atoms with Crippen molar-refractivity contribution in [1.82, 2.24) is 4.98 Å². The van der Waals surface area contributed by atoms with E-state index in [1.165, 1.54) is 37.2 Å². The summed E-state index contributed by atoms with van der Waals surface area (Å²) in [4.78, 5) is 48.6. The summed E-state index contributed by atoms with van der Waals surface area (Å²) < 4.78 is 4.71. The number of rotatable bonds is 7. The summed E-state index contributed by atoms with van der Waals surface area (Å²) >= 11 is 1.34. The van der Waals surface area contributed by atoms with E-state index in [4.69, 9.17) is 4.74 Å². The molecule has 0 fully saturated rings. The van der Waals surface area contributed by atoms with E-state index in [1.54, 1.807) is 0 Å². The molecule has 0 bridgehead atoms. The van der Waals surface area contributed by atoms with Crippen LogP contribution >= 0.6 is 11.8 Å². The molecule has 0 aromatic carbocycles. The van der Waals surface area contributed by atoms with Crippen LogP contribution in [0.15, 0.2) is 40.3 Å². The van der Waals surface area contributed by atoms with E-state index in [0.29, 0.717) is 17.2 Å². The van der Waals surface area contributed by atoms with Crippen LogP contribution in [-0.2, 0) is 14.3 Å². The van der Waals surface area contributed by atoms with Crippen LogP contribution in [0.25, 0.3) is 0 Å². The zero-order valence-electron chi connectivity index (χ0n) is 13.3. The maximum Gasteiger partial charge on any atom is 0.315 e. The Hall–Kier alpha value is -2.62. The van der Waals surface area contributed by atoms with Crippen LogP contribution in [0, 0.1) is 26.9 Å². The number of ether oxygens (including phenoxy) is 1. The van der Waals surface area contributed by atoms with Crippen LogP contribution in [0.2, 0.25) is 0 Å². The summed E-state index contributed by atoms with van der Waals surface area (Å²) in [6.45, 7) is 0. The van der Waals surface area contributed by atoms with Crippen molar-refractivity contribution in [3.8, 4) is 0 Å². The van der Waals surface area contributed by atoms with E-state index in [0.717, 1.165) is 6.08 Å². The molecule has 1 aliphatic rings. The van der Waals surface area contributed by atoms with Crippen molar-refractivity contribution in [1.29, 1.82) is 0 Å². The normalized spacial score (nSPS) is 19.9. The van der Waals surface area contributed by atoms with Crippen LogP contribution < -0.4 is 0 Å². The molecular formula is C15H15N3O6S. The Kier molecular flexibility index (Phi) is 6.34. The molecule has 10 heteroatoms. The molecule has 0 saturated heterocycles. The van der Waals surface area contributed by atoms with Crippen molar-refractivity contribution in [2.45, 2.75) is 17.9 Å². The van der Waals surface area contributed by atoms with Gasteiger partial charge in [0.05, 0.1) is 17.1 Å². The predicted octanol–water partition coefficient (Wildman–Crippen LogP) is 2.50. The standard InChI is InChI=1S/C15H15N3O6S/c1-24-15(20)14-9(6-11(19)7-12(14)17-21)4-5-25-13-3-2-10(8-16-13)18(22)23/h2-3,7-9,14H,4-6H2,1H3. The Balaban J connectivity index is 2.01. The summed E-state index contributed by atoms with van der Waals surface area (Å²) in [5.41, 5.74) is -0.202. The van der Waals surface area contributed by atoms with Gasteiger partial charge in [0.15, 0.2) is 5.78 Å². The van der Waals surface area contributed by atoms with Gasteiger partial charge in [0.1, 0.15) is 17.8 Å². The number of thioether (sulfide) groups is 1. The van der Waals surface area contributed by atoms with Crippen molar-refractivity contribution < 1.29 is 19.2 Å². The second-order valence-electron chi connectivity index (χ2n) is 5.34. The zero-order valence-corrected chi connectivity index (χ0v) is 14.1. The topological polar surface area (TPSA) is 129 Å². The number of carbonyl (C=O) groups excluding carboxylic acids is 2. The molecule has 1 aliphatic carbocycles. The number of pyridine rings is 1. The van der Waals surface area contributed by atoms with Gasteiger partial charge >= 0.3 is 5.97 Å². The van der Waals surface area contributed by atoms with E-state index < -0.39 is 16.8 Å². The lowest BCUT2D eigenvalue weighted by Crippen LogP contribution is -2.32. The number of nitro groups is 1. The molecule has 1 heterocycles. The fourth-order valence-corrected chi connectivity index (χ4v) is 3.53. The largest absolute Gasteiger partial charge is 0.468 e. The molecule has 0 N–H and O–H groups in total. The third kappa shape index (κ3) is 4.69. The quantitative estimate of drug-likeness (QED) is 0.237. The zero-order chi connectivity index (χ0) is 18.4. The number of aromatic nitrogens is 1. The second-order valence-corrected chi connectivity index (χ2v) is 6.46. The van der Waals surface area contributed by atoms with Crippen LogP contribution in [0.4, 0.5) is 5.69 Å². The lowest BCUT2D eigenvalue weighted by atomic mass is 9.79. The summed E-state index contributed by atoms with van der Waals surface area (Å²) in [5.74, 6) is -1.57. The molecule has 1 aromatic heterocycles. The highest BCUT2D eigenvalue weighted by Crippen LogP contribution is 2.34. The molecule has 0 saturated carbocycles. The first-order valence-electron chi connectivity index (χ1n) is 7.35. The number of methoxy groups -OCH3 is 1. The third-order valence-electron chi connectivity index (χ3n) is 3.79. The smallest absolute Gasteiger partial charge is 0.315 e. The number of hydrogen-bond donors (Lipinski definition) is 0. The molecule has 0 radical (unpaired) electrons. The van der Waals surface area contributed by atoms with Gasteiger partial charge in [-0.3, -0.25) is 19.7 Å². The Labute approximate surface area is 147 Å². The highest BCUT2D eigenvalue weighted by atomic mass is 32.2. The van der Waals surface area contributed by atoms with Gasteiger partial charge in [0.25, 0.3) is 5.69 Å². The van der Waals surface area contributed by atoms with Crippen LogP contribution in [-0.4, -0.2) is 34.5 Å². The van der Waals surface area contributed by atoms with Crippen molar-refractivity contribution in [3.05, 3.63) is 45.1 Å². The van der Waals surface area contributed by atoms with Gasteiger partial charge < -0.3 is 4.74 Å². The van der Waals surface area contributed by atoms with E-state index in [9.17, 15) is 24.6 Å². The maximum absolute atomic E-state index is 11.9. The van der Waals surface area contributed by atoms with Gasteiger partial charge in [-0.1, -0.05) is 0 Å². The number of nitrogens with zero attached hydrogens (tertiary/aromatic N) is 3. The highest BCUT2D eigenvalue weighted by molar-refractivity contribution is 7.99. The molecule has 0 aliphatic heterocycles. The van der Waals surface area contributed by atoms with Gasteiger partial charge in [-0.2, -0.15) is 0 Å². The molecule has 0 amide bonds. The number of esters is 1. The van der Waals surface area contributed by atoms with Gasteiger partial charge in [0, 0.05) is 18.6 Å². The minimum Gasteiger partial charge on any atom is -0.468 e. The maximum atomic E-state index is 11.9. The van der Waals surface area contributed by atoms with E-state index >= 15 is 0 Å². The molecule has 0 spiro atoms. The molecule has 2 rings (SSSR count). The fraction of sp³-hybridized carbons (Fsp3) is 0.400. The molecule has 25 heavy (non-hydrogen) atoms. The summed E-state index contributed by atoms with van der Waals surface area (Å²) in [5, 5.41) is 14.0. The summed E-state index contributed by atoms with van der Waals surface area (Å²) in [6, 6.07) is 2.89. The molecule has 2 unspecified atom stereocenters. The van der Waals surface area contributed by atoms with E-state index in [1.807, 2.05) is 0 Å². The fourth-order valence-electron chi connectivity index (χ4n) is 2.60. The van der Waals surface area contributed by atoms with Gasteiger partial charge in [-0.05, 0) is 29.3 Å². The van der Waals surface area contributed by atoms with Crippen molar-refractivity contribution >= 4 is 29.2 Å². The highest BCUT2D eigenvalue weighted by Gasteiger charge is 2.38. The van der Waals surface area contributed by atoms with Crippen molar-refractivity contribution in [2.24, 2.45) is 17.0 Å².